The van der Waals surface area contributed by atoms with Gasteiger partial charge in [0.2, 0.25) is 0 Å². The smallest absolute Gasteiger partial charge is 0.335 e. The minimum absolute atomic E-state index is 0.122. The van der Waals surface area contributed by atoms with E-state index in [1.54, 1.807) is 24.3 Å². The van der Waals surface area contributed by atoms with Crippen molar-refractivity contribution in [3.8, 4) is 0 Å². The molecule has 0 aliphatic carbocycles. The third kappa shape index (κ3) is 3.35. The van der Waals surface area contributed by atoms with Gasteiger partial charge in [-0.3, -0.25) is 5.43 Å². The number of aromatic carboxylic acids is 1. The molecule has 0 aliphatic rings. The minimum Gasteiger partial charge on any atom is -0.478 e. The summed E-state index contributed by atoms with van der Waals surface area (Å²) in [5, 5.41) is 16.0. The maximum Gasteiger partial charge on any atom is 0.335 e. The van der Waals surface area contributed by atoms with Gasteiger partial charge in [0.05, 0.1) is 11.3 Å². The van der Waals surface area contributed by atoms with E-state index < -0.39 is 11.8 Å². The van der Waals surface area contributed by atoms with Gasteiger partial charge in [0.1, 0.15) is 5.69 Å². The second kappa shape index (κ2) is 5.72. The fourth-order valence-electron chi connectivity index (χ4n) is 1.36. The third-order valence-electron chi connectivity index (χ3n) is 2.32. The van der Waals surface area contributed by atoms with Crippen molar-refractivity contribution in [3.05, 3.63) is 59.9 Å². The number of nitrogens with zero attached hydrogens (tertiary/aromatic N) is 2. The number of hydrogen-bond donors (Lipinski definition) is 2. The van der Waals surface area contributed by atoms with Gasteiger partial charge < -0.3 is 5.11 Å². The largest absolute Gasteiger partial charge is 0.478 e. The lowest BCUT2D eigenvalue weighted by Crippen LogP contribution is -1.95. The second-order valence-electron chi connectivity index (χ2n) is 3.65. The average molecular weight is 259 g/mol. The van der Waals surface area contributed by atoms with E-state index in [0.717, 1.165) is 0 Å². The van der Waals surface area contributed by atoms with Gasteiger partial charge in [0.25, 0.3) is 0 Å². The first-order valence-corrected chi connectivity index (χ1v) is 5.41. The normalized spacial score (nSPS) is 10.6. The molecule has 0 aromatic heterocycles. The number of carboxylic acid groups (broad SMARTS) is 1. The summed E-state index contributed by atoms with van der Waals surface area (Å²) in [6.45, 7) is 0. The Morgan fingerprint density at radius 2 is 1.79 bits per heavy atom. The van der Waals surface area contributed by atoms with Crippen LogP contribution in [0.4, 0.5) is 15.8 Å². The summed E-state index contributed by atoms with van der Waals surface area (Å²) in [7, 11) is 0. The zero-order valence-corrected chi connectivity index (χ0v) is 9.75. The van der Waals surface area contributed by atoms with E-state index in [1.165, 1.54) is 24.3 Å². The van der Waals surface area contributed by atoms with E-state index in [9.17, 15) is 9.18 Å². The van der Waals surface area contributed by atoms with E-state index in [4.69, 9.17) is 5.11 Å². The van der Waals surface area contributed by atoms with Gasteiger partial charge in [-0.05, 0) is 36.4 Å². The maximum atomic E-state index is 13.2. The number of anilines is 1. The van der Waals surface area contributed by atoms with E-state index in [1.807, 2.05) is 0 Å². The number of carboxylic acids is 1. The minimum atomic E-state index is -1.00. The Morgan fingerprint density at radius 1 is 1.11 bits per heavy atom. The molecular weight excluding hydrogens is 249 g/mol. The van der Waals surface area contributed by atoms with Crippen molar-refractivity contribution in [2.45, 2.75) is 0 Å². The van der Waals surface area contributed by atoms with Gasteiger partial charge in [-0.1, -0.05) is 17.4 Å². The van der Waals surface area contributed by atoms with Crippen LogP contribution in [0.5, 0.6) is 0 Å². The Balaban J connectivity index is 2.03. The molecule has 0 radical (unpaired) electrons. The predicted molar refractivity (Wildman–Crippen MR) is 67.9 cm³/mol. The molecule has 0 spiro atoms. The van der Waals surface area contributed by atoms with Crippen LogP contribution in [0.25, 0.3) is 0 Å². The number of benzene rings is 2. The van der Waals surface area contributed by atoms with E-state index in [2.05, 4.69) is 15.8 Å². The molecule has 0 saturated carbocycles. The Kier molecular flexibility index (Phi) is 3.82. The number of carbonyl (C=O) groups is 1. The van der Waals surface area contributed by atoms with Crippen molar-refractivity contribution in [3.63, 3.8) is 0 Å². The van der Waals surface area contributed by atoms with Crippen molar-refractivity contribution in [1.29, 1.82) is 0 Å². The first-order chi connectivity index (χ1) is 9.16. The lowest BCUT2D eigenvalue weighted by atomic mass is 10.2. The molecule has 2 rings (SSSR count). The van der Waals surface area contributed by atoms with Crippen LogP contribution in [-0.2, 0) is 0 Å². The van der Waals surface area contributed by atoms with Gasteiger partial charge in [-0.15, -0.1) is 5.11 Å². The van der Waals surface area contributed by atoms with Crippen molar-refractivity contribution in [2.75, 3.05) is 5.43 Å². The Hall–Kier alpha value is -2.76. The number of rotatable bonds is 4. The molecule has 0 heterocycles. The SMILES string of the molecule is O=C(O)c1ccc(NN=Nc2ccccc2F)cc1. The molecule has 0 aliphatic heterocycles. The summed E-state index contributed by atoms with van der Waals surface area (Å²) < 4.78 is 13.2. The van der Waals surface area contributed by atoms with E-state index in [0.29, 0.717) is 5.69 Å². The monoisotopic (exact) mass is 259 g/mol. The van der Waals surface area contributed by atoms with Crippen molar-refractivity contribution < 1.29 is 14.3 Å². The zero-order valence-electron chi connectivity index (χ0n) is 9.75. The molecule has 0 atom stereocenters. The summed E-state index contributed by atoms with van der Waals surface area (Å²) in [5.41, 5.74) is 3.45. The summed E-state index contributed by atoms with van der Waals surface area (Å²) in [5.74, 6) is -1.46. The standard InChI is InChI=1S/C13H10FN3O2/c14-11-3-1-2-4-12(11)16-17-15-10-7-5-9(6-8-10)13(18)19/h1-8H,(H,15,16)(H,18,19). The van der Waals surface area contributed by atoms with Crippen molar-refractivity contribution in [1.82, 2.24) is 0 Å². The lowest BCUT2D eigenvalue weighted by molar-refractivity contribution is 0.0697. The molecule has 6 heteroatoms. The number of halogens is 1. The van der Waals surface area contributed by atoms with Crippen LogP contribution < -0.4 is 5.43 Å². The van der Waals surface area contributed by atoms with Gasteiger partial charge in [-0.2, -0.15) is 0 Å². The quantitative estimate of drug-likeness (QED) is 0.650. The molecule has 0 saturated heterocycles. The fraction of sp³-hybridized carbons (Fsp3) is 0. The molecule has 0 unspecified atom stereocenters. The Morgan fingerprint density at radius 3 is 2.42 bits per heavy atom. The molecule has 96 valence electrons. The van der Waals surface area contributed by atoms with E-state index >= 15 is 0 Å². The molecule has 2 aromatic carbocycles. The first-order valence-electron chi connectivity index (χ1n) is 5.41. The summed E-state index contributed by atoms with van der Waals surface area (Å²) in [6, 6.07) is 12.0. The summed E-state index contributed by atoms with van der Waals surface area (Å²) >= 11 is 0. The lowest BCUT2D eigenvalue weighted by Gasteiger charge is -1.99. The number of hydrogen-bond acceptors (Lipinski definition) is 3. The molecule has 0 fully saturated rings. The molecular formula is C13H10FN3O2. The molecule has 0 amide bonds. The average Bonchev–Trinajstić information content (AvgIpc) is 2.41. The van der Waals surface area contributed by atoms with Crippen molar-refractivity contribution in [2.24, 2.45) is 10.3 Å². The van der Waals surface area contributed by atoms with Crippen LogP contribution in [0.1, 0.15) is 10.4 Å². The van der Waals surface area contributed by atoms with Crippen LogP contribution in [0.3, 0.4) is 0 Å². The van der Waals surface area contributed by atoms with Crippen LogP contribution >= 0.6 is 0 Å². The zero-order chi connectivity index (χ0) is 13.7. The maximum absolute atomic E-state index is 13.2. The molecule has 2 N–H and O–H groups in total. The molecule has 2 aromatic rings. The van der Waals surface area contributed by atoms with Crippen LogP contribution in [0.15, 0.2) is 58.9 Å². The summed E-state index contributed by atoms with van der Waals surface area (Å²) in [4.78, 5) is 10.6. The topological polar surface area (TPSA) is 74.0 Å². The van der Waals surface area contributed by atoms with Gasteiger partial charge in [-0.25, -0.2) is 9.18 Å². The number of nitrogens with one attached hydrogen (secondary N) is 1. The summed E-state index contributed by atoms with van der Waals surface area (Å²) in [6.07, 6.45) is 0. The van der Waals surface area contributed by atoms with Crippen LogP contribution in [0, 0.1) is 5.82 Å². The van der Waals surface area contributed by atoms with E-state index in [-0.39, 0.29) is 11.3 Å². The highest BCUT2D eigenvalue weighted by Crippen LogP contribution is 2.17. The highest BCUT2D eigenvalue weighted by molar-refractivity contribution is 5.87. The van der Waals surface area contributed by atoms with Crippen LogP contribution in [-0.4, -0.2) is 11.1 Å². The Bertz CT molecular complexity index is 612. The second-order valence-corrected chi connectivity index (χ2v) is 3.65. The van der Waals surface area contributed by atoms with Crippen molar-refractivity contribution >= 4 is 17.3 Å². The highest BCUT2D eigenvalue weighted by atomic mass is 19.1. The fourth-order valence-corrected chi connectivity index (χ4v) is 1.36. The molecule has 19 heavy (non-hydrogen) atoms. The molecule has 0 bridgehead atoms. The highest BCUT2D eigenvalue weighted by Gasteiger charge is 2.01. The van der Waals surface area contributed by atoms with Gasteiger partial charge >= 0.3 is 5.97 Å². The van der Waals surface area contributed by atoms with Gasteiger partial charge in [0, 0.05) is 0 Å². The third-order valence-corrected chi connectivity index (χ3v) is 2.32. The predicted octanol–water partition coefficient (Wildman–Crippen LogP) is 3.63. The molecule has 5 nitrogen and oxygen atoms in total. The Labute approximate surface area is 108 Å². The first kappa shape index (κ1) is 12.7. The van der Waals surface area contributed by atoms with Gasteiger partial charge in [0.15, 0.2) is 5.82 Å². The van der Waals surface area contributed by atoms with Crippen LogP contribution in [0.2, 0.25) is 0 Å².